The Hall–Kier alpha value is -2.67. The molecular formula is C17H24N5O2+. The monoisotopic (exact) mass is 330 g/mol. The lowest BCUT2D eigenvalue weighted by Gasteiger charge is -2.07. The highest BCUT2D eigenvalue weighted by Crippen LogP contribution is 2.22. The van der Waals surface area contributed by atoms with E-state index in [2.05, 4.69) is 15.7 Å². The third-order valence-electron chi connectivity index (χ3n) is 3.77. The number of nitrogens with one attached hydrogen (secondary N) is 2. The van der Waals surface area contributed by atoms with Crippen molar-refractivity contribution >= 4 is 17.5 Å². The molecule has 0 aliphatic rings. The molecule has 2 rings (SSSR count). The first-order valence-electron chi connectivity index (χ1n) is 7.87. The summed E-state index contributed by atoms with van der Waals surface area (Å²) in [4.78, 5) is 23.2. The number of hydrogen-bond donors (Lipinski definition) is 3. The second kappa shape index (κ2) is 7.74. The molecule has 0 aliphatic heterocycles. The average Bonchev–Trinajstić information content (AvgIpc) is 2.83. The number of quaternary nitrogens is 1. The summed E-state index contributed by atoms with van der Waals surface area (Å²) in [6, 6.07) is 8.05. The van der Waals surface area contributed by atoms with Crippen LogP contribution in [0.4, 0.5) is 5.69 Å². The quantitative estimate of drug-likeness (QED) is 0.698. The molecule has 0 bridgehead atoms. The third-order valence-corrected chi connectivity index (χ3v) is 3.77. The normalized spacial score (nSPS) is 10.5. The van der Waals surface area contributed by atoms with E-state index in [0.717, 1.165) is 17.1 Å². The Morgan fingerprint density at radius 2 is 1.71 bits per heavy atom. The van der Waals surface area contributed by atoms with Crippen LogP contribution in [0.3, 0.4) is 0 Å². The Labute approximate surface area is 141 Å². The highest BCUT2D eigenvalue weighted by molar-refractivity contribution is 5.92. The summed E-state index contributed by atoms with van der Waals surface area (Å²) in [5, 5.41) is 11.6. The van der Waals surface area contributed by atoms with Crippen molar-refractivity contribution in [3.05, 3.63) is 41.2 Å². The predicted octanol–water partition coefficient (Wildman–Crippen LogP) is 0.0455. The number of carbonyl (C=O) groups excluding carboxylic acids is 2. The summed E-state index contributed by atoms with van der Waals surface area (Å²) in [5.74, 6) is -0.268. The van der Waals surface area contributed by atoms with Crippen molar-refractivity contribution in [2.45, 2.75) is 20.8 Å². The third kappa shape index (κ3) is 4.20. The Bertz CT molecular complexity index is 734. The van der Waals surface area contributed by atoms with Crippen LogP contribution in [-0.4, -0.2) is 41.7 Å². The van der Waals surface area contributed by atoms with Crippen molar-refractivity contribution in [2.24, 2.45) is 0 Å². The molecule has 7 nitrogen and oxygen atoms in total. The molecule has 1 aromatic heterocycles. The number of carbonyl (C=O) groups is 2. The molecule has 0 unspecified atom stereocenters. The van der Waals surface area contributed by atoms with Crippen molar-refractivity contribution in [1.29, 1.82) is 0 Å². The van der Waals surface area contributed by atoms with Crippen LogP contribution in [0.15, 0.2) is 24.3 Å². The summed E-state index contributed by atoms with van der Waals surface area (Å²) >= 11 is 0. The fourth-order valence-electron chi connectivity index (χ4n) is 2.39. The largest absolute Gasteiger partial charge is 0.354 e. The topological polar surface area (TPSA) is 92.6 Å². The molecule has 1 heterocycles. The van der Waals surface area contributed by atoms with Crippen LogP contribution < -0.4 is 16.0 Å². The van der Waals surface area contributed by atoms with E-state index in [4.69, 9.17) is 0 Å². The van der Waals surface area contributed by atoms with Crippen molar-refractivity contribution < 1.29 is 14.9 Å². The number of aryl methyl sites for hydroxylation is 2. The van der Waals surface area contributed by atoms with Gasteiger partial charge < -0.3 is 16.0 Å². The van der Waals surface area contributed by atoms with Crippen LogP contribution in [0.25, 0.3) is 5.69 Å². The number of anilines is 1. The molecule has 0 fully saturated rings. The van der Waals surface area contributed by atoms with E-state index in [9.17, 15) is 9.59 Å². The number of amides is 2. The summed E-state index contributed by atoms with van der Waals surface area (Å²) in [5.41, 5.74) is 4.48. The van der Waals surface area contributed by atoms with E-state index in [-0.39, 0.29) is 24.9 Å². The Morgan fingerprint density at radius 1 is 1.08 bits per heavy atom. The molecule has 2 amide bonds. The van der Waals surface area contributed by atoms with Gasteiger partial charge in [-0.05, 0) is 32.9 Å². The Morgan fingerprint density at radius 3 is 2.33 bits per heavy atom. The van der Waals surface area contributed by atoms with Gasteiger partial charge in [0.2, 0.25) is 0 Å². The lowest BCUT2D eigenvalue weighted by Crippen LogP contribution is -2.88. The molecule has 7 heteroatoms. The van der Waals surface area contributed by atoms with E-state index in [1.54, 1.807) is 12.4 Å². The second-order valence-electron chi connectivity index (χ2n) is 5.71. The molecule has 128 valence electrons. The second-order valence-corrected chi connectivity index (χ2v) is 5.71. The summed E-state index contributed by atoms with van der Waals surface area (Å²) in [6.45, 7) is 6.23. The summed E-state index contributed by atoms with van der Waals surface area (Å²) in [7, 11) is 1.57. The van der Waals surface area contributed by atoms with Crippen LogP contribution in [0.1, 0.15) is 17.0 Å². The zero-order valence-electron chi connectivity index (χ0n) is 14.5. The van der Waals surface area contributed by atoms with E-state index in [1.807, 2.05) is 49.7 Å². The van der Waals surface area contributed by atoms with Gasteiger partial charge in [0.15, 0.2) is 13.1 Å². The zero-order chi connectivity index (χ0) is 17.7. The van der Waals surface area contributed by atoms with Crippen molar-refractivity contribution in [2.75, 3.05) is 25.5 Å². The standard InChI is InChI=1S/C17H23N5O2/c1-11-5-7-14(8-6-11)22-13(3)17(12(2)21-22)20-16(24)10-19-9-15(23)18-4/h5-8,19H,9-10H2,1-4H3,(H,18,23)(H,20,24)/p+1. The van der Waals surface area contributed by atoms with Gasteiger partial charge in [-0.25, -0.2) is 4.68 Å². The van der Waals surface area contributed by atoms with Crippen LogP contribution in [-0.2, 0) is 9.59 Å². The van der Waals surface area contributed by atoms with E-state index in [1.165, 1.54) is 5.56 Å². The fraction of sp³-hybridized carbons (Fsp3) is 0.353. The summed E-state index contributed by atoms with van der Waals surface area (Å²) in [6.07, 6.45) is 0. The first-order chi connectivity index (χ1) is 11.4. The maximum absolute atomic E-state index is 12.1. The van der Waals surface area contributed by atoms with Crippen molar-refractivity contribution in [3.63, 3.8) is 0 Å². The van der Waals surface area contributed by atoms with Crippen LogP contribution in [0, 0.1) is 20.8 Å². The highest BCUT2D eigenvalue weighted by Gasteiger charge is 2.16. The lowest BCUT2D eigenvalue weighted by atomic mass is 10.2. The zero-order valence-corrected chi connectivity index (χ0v) is 14.5. The molecule has 0 radical (unpaired) electrons. The van der Waals surface area contributed by atoms with Gasteiger partial charge in [0.25, 0.3) is 11.8 Å². The van der Waals surface area contributed by atoms with Crippen molar-refractivity contribution in [3.8, 4) is 5.69 Å². The first kappa shape index (κ1) is 17.7. The van der Waals surface area contributed by atoms with E-state index < -0.39 is 0 Å². The fourth-order valence-corrected chi connectivity index (χ4v) is 2.39. The number of likely N-dealkylation sites (N-methyl/N-ethyl adjacent to an activating group) is 1. The minimum atomic E-state index is -0.159. The molecule has 2 aromatic rings. The predicted molar refractivity (Wildman–Crippen MR) is 92.1 cm³/mol. The average molecular weight is 330 g/mol. The van der Waals surface area contributed by atoms with Crippen LogP contribution >= 0.6 is 0 Å². The number of hydrogen-bond acceptors (Lipinski definition) is 3. The van der Waals surface area contributed by atoms with Gasteiger partial charge in [-0.15, -0.1) is 0 Å². The van der Waals surface area contributed by atoms with Gasteiger partial charge in [-0.2, -0.15) is 5.10 Å². The van der Waals surface area contributed by atoms with Crippen LogP contribution in [0.5, 0.6) is 0 Å². The molecule has 0 atom stereocenters. The number of aromatic nitrogens is 2. The van der Waals surface area contributed by atoms with E-state index in [0.29, 0.717) is 5.69 Å². The molecule has 24 heavy (non-hydrogen) atoms. The minimum absolute atomic E-state index is 0.109. The first-order valence-corrected chi connectivity index (χ1v) is 7.87. The minimum Gasteiger partial charge on any atom is -0.354 e. The molecule has 1 aromatic carbocycles. The molecule has 0 saturated carbocycles. The maximum Gasteiger partial charge on any atom is 0.279 e. The van der Waals surface area contributed by atoms with Crippen LogP contribution in [0.2, 0.25) is 0 Å². The van der Waals surface area contributed by atoms with E-state index >= 15 is 0 Å². The highest BCUT2D eigenvalue weighted by atomic mass is 16.2. The molecule has 4 N–H and O–H groups in total. The Balaban J connectivity index is 2.07. The van der Waals surface area contributed by atoms with Gasteiger partial charge in [-0.1, -0.05) is 17.7 Å². The number of rotatable bonds is 6. The number of nitrogens with two attached hydrogens (primary N) is 1. The smallest absolute Gasteiger partial charge is 0.279 e. The maximum atomic E-state index is 12.1. The lowest BCUT2D eigenvalue weighted by molar-refractivity contribution is -0.632. The molecule has 0 spiro atoms. The Kier molecular flexibility index (Phi) is 5.70. The van der Waals surface area contributed by atoms with Gasteiger partial charge >= 0.3 is 0 Å². The molecule has 0 saturated heterocycles. The summed E-state index contributed by atoms with van der Waals surface area (Å²) < 4.78 is 1.82. The SMILES string of the molecule is CNC(=O)C[NH2+]CC(=O)Nc1c(C)nn(-c2ccc(C)cc2)c1C. The van der Waals surface area contributed by atoms with Gasteiger partial charge in [0, 0.05) is 7.05 Å². The van der Waals surface area contributed by atoms with Crippen molar-refractivity contribution in [1.82, 2.24) is 15.1 Å². The van der Waals surface area contributed by atoms with Gasteiger partial charge in [0.05, 0.1) is 22.8 Å². The molecule has 0 aliphatic carbocycles. The van der Waals surface area contributed by atoms with Gasteiger partial charge in [0.1, 0.15) is 0 Å². The number of benzene rings is 1. The molecular weight excluding hydrogens is 306 g/mol. The van der Waals surface area contributed by atoms with Gasteiger partial charge in [-0.3, -0.25) is 9.59 Å². The number of nitrogens with zero attached hydrogens (tertiary/aromatic N) is 2.